The van der Waals surface area contributed by atoms with E-state index in [4.69, 9.17) is 4.74 Å². The van der Waals surface area contributed by atoms with Crippen molar-refractivity contribution in [2.75, 3.05) is 19.7 Å². The molecule has 2 heteroatoms. The van der Waals surface area contributed by atoms with Crippen LogP contribution in [0.2, 0.25) is 0 Å². The summed E-state index contributed by atoms with van der Waals surface area (Å²) in [6.45, 7) is 7.15. The first-order chi connectivity index (χ1) is 7.25. The first kappa shape index (κ1) is 10.7. The molecule has 15 heavy (non-hydrogen) atoms. The van der Waals surface area contributed by atoms with Crippen molar-refractivity contribution in [1.82, 2.24) is 5.32 Å². The summed E-state index contributed by atoms with van der Waals surface area (Å²) in [5.41, 5.74) is 3.94. The molecule has 1 fully saturated rings. The van der Waals surface area contributed by atoms with E-state index in [1.165, 1.54) is 16.7 Å². The molecule has 1 aromatic carbocycles. The van der Waals surface area contributed by atoms with Gasteiger partial charge < -0.3 is 10.1 Å². The van der Waals surface area contributed by atoms with Crippen LogP contribution in [0.15, 0.2) is 18.2 Å². The summed E-state index contributed by atoms with van der Waals surface area (Å²) in [4.78, 5) is 0. The highest BCUT2D eigenvalue weighted by Gasteiger charge is 2.14. The van der Waals surface area contributed by atoms with E-state index in [0.29, 0.717) is 0 Å². The molecule has 0 aliphatic carbocycles. The predicted molar refractivity (Wildman–Crippen MR) is 62.1 cm³/mol. The number of rotatable bonds is 1. The lowest BCUT2D eigenvalue weighted by atomic mass is 10.0. The van der Waals surface area contributed by atoms with Crippen LogP contribution in [0.4, 0.5) is 0 Å². The van der Waals surface area contributed by atoms with E-state index in [1.54, 1.807) is 0 Å². The molecule has 1 N–H and O–H groups in total. The Balaban J connectivity index is 2.19. The average molecular weight is 205 g/mol. The van der Waals surface area contributed by atoms with Crippen LogP contribution in [0.25, 0.3) is 0 Å². The summed E-state index contributed by atoms with van der Waals surface area (Å²) in [5, 5.41) is 3.41. The van der Waals surface area contributed by atoms with Crippen LogP contribution in [-0.4, -0.2) is 19.7 Å². The number of hydrogen-bond acceptors (Lipinski definition) is 2. The number of ether oxygens (including phenoxy) is 1. The van der Waals surface area contributed by atoms with Gasteiger partial charge in [-0.25, -0.2) is 0 Å². The van der Waals surface area contributed by atoms with Crippen LogP contribution in [0, 0.1) is 13.8 Å². The van der Waals surface area contributed by atoms with Gasteiger partial charge in [0.2, 0.25) is 0 Å². The maximum absolute atomic E-state index is 5.84. The van der Waals surface area contributed by atoms with Crippen LogP contribution in [0.5, 0.6) is 0 Å². The SMILES string of the molecule is Cc1cc(C)cc(C2CNCCCO2)c1. The van der Waals surface area contributed by atoms with Gasteiger partial charge in [-0.1, -0.05) is 29.3 Å². The van der Waals surface area contributed by atoms with E-state index in [-0.39, 0.29) is 6.10 Å². The van der Waals surface area contributed by atoms with Crippen LogP contribution >= 0.6 is 0 Å². The molecular weight excluding hydrogens is 186 g/mol. The Morgan fingerprint density at radius 1 is 1.20 bits per heavy atom. The van der Waals surface area contributed by atoms with Crippen LogP contribution in [0.1, 0.15) is 29.2 Å². The van der Waals surface area contributed by atoms with Crippen molar-refractivity contribution in [1.29, 1.82) is 0 Å². The molecule has 0 spiro atoms. The maximum atomic E-state index is 5.84. The minimum absolute atomic E-state index is 0.228. The standard InChI is InChI=1S/C13H19NO/c1-10-6-11(2)8-12(7-10)13-9-14-4-3-5-15-13/h6-8,13-14H,3-5,9H2,1-2H3. The molecule has 1 atom stereocenters. The number of aryl methyl sites for hydroxylation is 2. The van der Waals surface area contributed by atoms with Crippen molar-refractivity contribution in [3.63, 3.8) is 0 Å². The van der Waals surface area contributed by atoms with Gasteiger partial charge in [0.25, 0.3) is 0 Å². The Labute approximate surface area is 91.6 Å². The molecule has 2 nitrogen and oxygen atoms in total. The highest BCUT2D eigenvalue weighted by molar-refractivity contribution is 5.30. The first-order valence-corrected chi connectivity index (χ1v) is 5.66. The minimum atomic E-state index is 0.228. The fourth-order valence-electron chi connectivity index (χ4n) is 2.12. The van der Waals surface area contributed by atoms with Crippen molar-refractivity contribution in [3.8, 4) is 0 Å². The molecule has 82 valence electrons. The second-order valence-corrected chi connectivity index (χ2v) is 4.34. The fourth-order valence-corrected chi connectivity index (χ4v) is 2.12. The van der Waals surface area contributed by atoms with Gasteiger partial charge in [-0.3, -0.25) is 0 Å². The lowest BCUT2D eigenvalue weighted by molar-refractivity contribution is 0.0668. The van der Waals surface area contributed by atoms with E-state index >= 15 is 0 Å². The molecule has 1 aromatic rings. The largest absolute Gasteiger partial charge is 0.372 e. The third-order valence-electron chi connectivity index (χ3n) is 2.76. The molecule has 0 radical (unpaired) electrons. The average Bonchev–Trinajstić information content (AvgIpc) is 2.43. The minimum Gasteiger partial charge on any atom is -0.372 e. The van der Waals surface area contributed by atoms with Crippen molar-refractivity contribution in [2.45, 2.75) is 26.4 Å². The van der Waals surface area contributed by atoms with Crippen LogP contribution in [-0.2, 0) is 4.74 Å². The van der Waals surface area contributed by atoms with Crippen LogP contribution in [0.3, 0.4) is 0 Å². The molecule has 0 amide bonds. The van der Waals surface area contributed by atoms with Gasteiger partial charge in [-0.05, 0) is 32.4 Å². The molecule has 0 saturated carbocycles. The molecule has 1 saturated heterocycles. The Morgan fingerprint density at radius 2 is 1.93 bits per heavy atom. The molecule has 1 unspecified atom stereocenters. The predicted octanol–water partition coefficient (Wildman–Crippen LogP) is 2.35. The molecule has 0 aromatic heterocycles. The van der Waals surface area contributed by atoms with Gasteiger partial charge in [0, 0.05) is 13.2 Å². The molecule has 1 aliphatic rings. The van der Waals surface area contributed by atoms with E-state index in [1.807, 2.05) is 0 Å². The lowest BCUT2D eigenvalue weighted by Crippen LogP contribution is -2.20. The Bertz CT molecular complexity index is 307. The maximum Gasteiger partial charge on any atom is 0.0949 e. The Kier molecular flexibility index (Phi) is 3.39. The van der Waals surface area contributed by atoms with Gasteiger partial charge in [0.15, 0.2) is 0 Å². The second kappa shape index (κ2) is 4.77. The second-order valence-electron chi connectivity index (χ2n) is 4.34. The summed E-state index contributed by atoms with van der Waals surface area (Å²) in [5.74, 6) is 0. The Hall–Kier alpha value is -0.860. The van der Waals surface area contributed by atoms with Gasteiger partial charge in [-0.15, -0.1) is 0 Å². The molecule has 0 bridgehead atoms. The zero-order chi connectivity index (χ0) is 10.7. The highest BCUT2D eigenvalue weighted by Crippen LogP contribution is 2.21. The molecule has 1 heterocycles. The van der Waals surface area contributed by atoms with Crippen LogP contribution < -0.4 is 5.32 Å². The van der Waals surface area contributed by atoms with Gasteiger partial charge in [0.05, 0.1) is 6.10 Å². The molecule has 1 aliphatic heterocycles. The van der Waals surface area contributed by atoms with Gasteiger partial charge in [-0.2, -0.15) is 0 Å². The third-order valence-corrected chi connectivity index (χ3v) is 2.76. The van der Waals surface area contributed by atoms with Crippen molar-refractivity contribution < 1.29 is 4.74 Å². The zero-order valence-corrected chi connectivity index (χ0v) is 9.55. The number of nitrogens with one attached hydrogen (secondary N) is 1. The monoisotopic (exact) mass is 205 g/mol. The van der Waals surface area contributed by atoms with Crippen molar-refractivity contribution >= 4 is 0 Å². The summed E-state index contributed by atoms with van der Waals surface area (Å²) in [7, 11) is 0. The quantitative estimate of drug-likeness (QED) is 0.760. The lowest BCUT2D eigenvalue weighted by Gasteiger charge is -2.16. The fraction of sp³-hybridized carbons (Fsp3) is 0.538. The van der Waals surface area contributed by atoms with E-state index in [0.717, 1.165) is 26.1 Å². The zero-order valence-electron chi connectivity index (χ0n) is 9.55. The summed E-state index contributed by atoms with van der Waals surface area (Å²) in [6.07, 6.45) is 1.34. The van der Waals surface area contributed by atoms with Gasteiger partial charge in [0.1, 0.15) is 0 Å². The van der Waals surface area contributed by atoms with Gasteiger partial charge >= 0.3 is 0 Å². The summed E-state index contributed by atoms with van der Waals surface area (Å²) >= 11 is 0. The molecular formula is C13H19NO. The first-order valence-electron chi connectivity index (χ1n) is 5.66. The number of hydrogen-bond donors (Lipinski definition) is 1. The smallest absolute Gasteiger partial charge is 0.0949 e. The van der Waals surface area contributed by atoms with Crippen molar-refractivity contribution in [2.24, 2.45) is 0 Å². The van der Waals surface area contributed by atoms with Crippen molar-refractivity contribution in [3.05, 3.63) is 34.9 Å². The topological polar surface area (TPSA) is 21.3 Å². The van der Waals surface area contributed by atoms with E-state index in [9.17, 15) is 0 Å². The summed E-state index contributed by atoms with van der Waals surface area (Å²) < 4.78 is 5.84. The van der Waals surface area contributed by atoms with E-state index in [2.05, 4.69) is 37.4 Å². The number of benzene rings is 1. The Morgan fingerprint density at radius 3 is 2.67 bits per heavy atom. The highest BCUT2D eigenvalue weighted by atomic mass is 16.5. The van der Waals surface area contributed by atoms with E-state index < -0.39 is 0 Å². The summed E-state index contributed by atoms with van der Waals surface area (Å²) in [6, 6.07) is 6.66. The third kappa shape index (κ3) is 2.80. The molecule has 2 rings (SSSR count). The normalized spacial score (nSPS) is 22.4.